The van der Waals surface area contributed by atoms with Gasteiger partial charge in [0.05, 0.1) is 24.2 Å². The van der Waals surface area contributed by atoms with Gasteiger partial charge in [0.1, 0.15) is 11.6 Å². The van der Waals surface area contributed by atoms with Gasteiger partial charge in [0, 0.05) is 12.1 Å². The van der Waals surface area contributed by atoms with E-state index in [2.05, 4.69) is 0 Å². The molecule has 0 unspecified atom stereocenters. The number of fused-ring (bicyclic) bond motifs is 1. The first-order valence-corrected chi connectivity index (χ1v) is 9.38. The fourth-order valence-electron chi connectivity index (χ4n) is 3.41. The summed E-state index contributed by atoms with van der Waals surface area (Å²) in [5.74, 6) is 0.600. The largest absolute Gasteiger partial charge is 0.494 e. The lowest BCUT2D eigenvalue weighted by Crippen LogP contribution is -2.26. The summed E-state index contributed by atoms with van der Waals surface area (Å²) in [6.45, 7) is 1.57. The van der Waals surface area contributed by atoms with E-state index in [0.29, 0.717) is 30.9 Å². The third-order valence-electron chi connectivity index (χ3n) is 4.80. The number of imidazole rings is 1. The van der Waals surface area contributed by atoms with E-state index in [1.165, 1.54) is 6.07 Å². The molecule has 0 bridgehead atoms. The second-order valence-electron chi connectivity index (χ2n) is 6.66. The number of nitrogens with zero attached hydrogens (tertiary/aromatic N) is 2. The summed E-state index contributed by atoms with van der Waals surface area (Å²) >= 11 is 0. The van der Waals surface area contributed by atoms with E-state index < -0.39 is 0 Å². The van der Waals surface area contributed by atoms with E-state index in [0.717, 1.165) is 23.2 Å². The molecule has 0 aliphatic rings. The zero-order valence-corrected chi connectivity index (χ0v) is 15.5. The van der Waals surface area contributed by atoms with Crippen molar-refractivity contribution in [2.75, 3.05) is 6.61 Å². The number of rotatable bonds is 7. The van der Waals surface area contributed by atoms with Crippen LogP contribution >= 0.6 is 0 Å². The maximum atomic E-state index is 14.1. The molecule has 0 spiro atoms. The third kappa shape index (κ3) is 3.69. The predicted molar refractivity (Wildman–Crippen MR) is 108 cm³/mol. The maximum Gasteiger partial charge on any atom is 0.203 e. The zero-order chi connectivity index (χ0) is 19.3. The van der Waals surface area contributed by atoms with Crippen molar-refractivity contribution in [3.8, 4) is 5.75 Å². The summed E-state index contributed by atoms with van der Waals surface area (Å²) in [5.41, 5.74) is 2.85. The smallest absolute Gasteiger partial charge is 0.203 e. The molecule has 28 heavy (non-hydrogen) atoms. The van der Waals surface area contributed by atoms with E-state index in [1.807, 2.05) is 69.8 Å². The molecule has 0 fully saturated rings. The molecular weight excluding hydrogens is 353 g/mol. The normalized spacial score (nSPS) is 11.0. The molecule has 1 aromatic heterocycles. The Hall–Kier alpha value is -3.34. The molecule has 1 N–H and O–H groups in total. The third-order valence-corrected chi connectivity index (χ3v) is 4.80. The number of hydrogen-bond donors (Lipinski definition) is 1. The van der Waals surface area contributed by atoms with Crippen molar-refractivity contribution in [2.45, 2.75) is 19.5 Å². The van der Waals surface area contributed by atoms with Crippen LogP contribution in [0.4, 0.5) is 4.39 Å². The molecule has 0 amide bonds. The molecule has 1 heterocycles. The Morgan fingerprint density at radius 2 is 1.43 bits per heavy atom. The molecule has 3 aromatic carbocycles. The first-order chi connectivity index (χ1) is 13.7. The number of aryl methyl sites for hydroxylation is 1. The Balaban J connectivity index is 1.56. The topological polar surface area (TPSA) is 42.9 Å². The summed E-state index contributed by atoms with van der Waals surface area (Å²) in [4.78, 5) is 0. The average Bonchev–Trinajstić information content (AvgIpc) is 2.99. The van der Waals surface area contributed by atoms with Crippen LogP contribution < -0.4 is 10.4 Å². The quantitative estimate of drug-likeness (QED) is 0.472. The SMILES string of the molecule is N=c1n(CCCOc2ccccc2)c2ccccc2n1Cc1ccccc1F. The predicted octanol–water partition coefficient (Wildman–Crippen LogP) is 4.58. The second-order valence-corrected chi connectivity index (χ2v) is 6.66. The van der Waals surface area contributed by atoms with Crippen molar-refractivity contribution in [1.29, 1.82) is 5.41 Å². The monoisotopic (exact) mass is 375 g/mol. The lowest BCUT2D eigenvalue weighted by Gasteiger charge is -2.08. The lowest BCUT2D eigenvalue weighted by atomic mass is 10.2. The highest BCUT2D eigenvalue weighted by atomic mass is 19.1. The number of para-hydroxylation sites is 3. The van der Waals surface area contributed by atoms with Crippen LogP contribution in [0.15, 0.2) is 78.9 Å². The average molecular weight is 375 g/mol. The summed E-state index contributed by atoms with van der Waals surface area (Å²) in [5, 5.41) is 8.66. The Morgan fingerprint density at radius 3 is 2.18 bits per heavy atom. The number of nitrogens with one attached hydrogen (secondary N) is 1. The van der Waals surface area contributed by atoms with E-state index in [9.17, 15) is 4.39 Å². The van der Waals surface area contributed by atoms with Gasteiger partial charge in [-0.2, -0.15) is 0 Å². The molecule has 4 nitrogen and oxygen atoms in total. The Kier molecular flexibility index (Phi) is 5.24. The zero-order valence-electron chi connectivity index (χ0n) is 15.5. The number of ether oxygens (including phenoxy) is 1. The van der Waals surface area contributed by atoms with Gasteiger partial charge in [0.15, 0.2) is 0 Å². The van der Waals surface area contributed by atoms with Gasteiger partial charge in [-0.15, -0.1) is 0 Å². The molecule has 0 radical (unpaired) electrons. The van der Waals surface area contributed by atoms with Gasteiger partial charge in [0.2, 0.25) is 5.62 Å². The van der Waals surface area contributed by atoms with Crippen LogP contribution in [0.3, 0.4) is 0 Å². The molecule has 5 heteroatoms. The minimum Gasteiger partial charge on any atom is -0.494 e. The minimum absolute atomic E-state index is 0.248. The molecule has 0 atom stereocenters. The van der Waals surface area contributed by atoms with Crippen LogP contribution in [0.1, 0.15) is 12.0 Å². The lowest BCUT2D eigenvalue weighted by molar-refractivity contribution is 0.301. The van der Waals surface area contributed by atoms with Crippen LogP contribution in [0, 0.1) is 11.2 Å². The van der Waals surface area contributed by atoms with Crippen molar-refractivity contribution in [3.63, 3.8) is 0 Å². The van der Waals surface area contributed by atoms with Crippen molar-refractivity contribution in [3.05, 3.63) is 95.9 Å². The van der Waals surface area contributed by atoms with Crippen molar-refractivity contribution < 1.29 is 9.13 Å². The van der Waals surface area contributed by atoms with Crippen molar-refractivity contribution in [2.24, 2.45) is 0 Å². The van der Waals surface area contributed by atoms with Crippen molar-refractivity contribution in [1.82, 2.24) is 9.13 Å². The van der Waals surface area contributed by atoms with E-state index in [1.54, 1.807) is 12.1 Å². The Labute approximate surface area is 163 Å². The van der Waals surface area contributed by atoms with Crippen LogP contribution in [-0.2, 0) is 13.1 Å². The van der Waals surface area contributed by atoms with Crippen molar-refractivity contribution >= 4 is 11.0 Å². The summed E-state index contributed by atoms with van der Waals surface area (Å²) in [7, 11) is 0. The Bertz CT molecular complexity index is 1130. The second kappa shape index (κ2) is 8.13. The molecule has 0 aliphatic carbocycles. The first-order valence-electron chi connectivity index (χ1n) is 9.38. The van der Waals surface area contributed by atoms with Gasteiger partial charge in [0.25, 0.3) is 0 Å². The number of benzene rings is 3. The fraction of sp³-hybridized carbons (Fsp3) is 0.174. The van der Waals surface area contributed by atoms with Gasteiger partial charge < -0.3 is 13.9 Å². The van der Waals surface area contributed by atoms with Gasteiger partial charge in [-0.3, -0.25) is 5.41 Å². The van der Waals surface area contributed by atoms with E-state index >= 15 is 0 Å². The standard InChI is InChI=1S/C23H22FN3O/c24-20-12-5-4-9-18(20)17-27-22-14-7-6-13-21(22)26(23(27)25)15-8-16-28-19-10-2-1-3-11-19/h1-7,9-14,25H,8,15-17H2. The van der Waals surface area contributed by atoms with Gasteiger partial charge in [-0.1, -0.05) is 48.5 Å². The summed E-state index contributed by atoms with van der Waals surface area (Å²) in [6, 6.07) is 24.3. The van der Waals surface area contributed by atoms with Crippen LogP contribution in [0.25, 0.3) is 11.0 Å². The maximum absolute atomic E-state index is 14.1. The first kappa shape index (κ1) is 18.0. The van der Waals surface area contributed by atoms with Crippen LogP contribution in [-0.4, -0.2) is 15.7 Å². The molecule has 0 saturated carbocycles. The summed E-state index contributed by atoms with van der Waals surface area (Å²) < 4.78 is 23.7. The molecule has 0 aliphatic heterocycles. The number of hydrogen-bond acceptors (Lipinski definition) is 2. The molecule has 142 valence electrons. The Morgan fingerprint density at radius 1 is 0.786 bits per heavy atom. The summed E-state index contributed by atoms with van der Waals surface area (Å²) in [6.07, 6.45) is 0.777. The highest BCUT2D eigenvalue weighted by Crippen LogP contribution is 2.16. The fourth-order valence-corrected chi connectivity index (χ4v) is 3.41. The van der Waals surface area contributed by atoms with Gasteiger partial charge in [-0.25, -0.2) is 4.39 Å². The van der Waals surface area contributed by atoms with Gasteiger partial charge >= 0.3 is 0 Å². The molecule has 4 aromatic rings. The van der Waals surface area contributed by atoms with E-state index in [4.69, 9.17) is 10.1 Å². The minimum atomic E-state index is -0.248. The highest BCUT2D eigenvalue weighted by molar-refractivity contribution is 5.76. The molecule has 4 rings (SSSR count). The van der Waals surface area contributed by atoms with Gasteiger partial charge in [-0.05, 0) is 36.8 Å². The number of halogens is 1. The number of aromatic nitrogens is 2. The molecule has 0 saturated heterocycles. The van der Waals surface area contributed by atoms with Crippen LogP contribution in [0.2, 0.25) is 0 Å². The highest BCUT2D eigenvalue weighted by Gasteiger charge is 2.12. The van der Waals surface area contributed by atoms with E-state index in [-0.39, 0.29) is 5.82 Å². The van der Waals surface area contributed by atoms with Crippen LogP contribution in [0.5, 0.6) is 5.75 Å². The molecular formula is C23H22FN3O.